The van der Waals surface area contributed by atoms with Crippen molar-refractivity contribution in [2.24, 2.45) is 0 Å². The lowest BCUT2D eigenvalue weighted by Crippen LogP contribution is -1.98. The van der Waals surface area contributed by atoms with Gasteiger partial charge in [-0.3, -0.25) is 0 Å². The van der Waals surface area contributed by atoms with Gasteiger partial charge in [-0.25, -0.2) is 8.42 Å². The number of anilines is 1. The Morgan fingerprint density at radius 1 is 1.42 bits per heavy atom. The molecule has 12 heavy (non-hydrogen) atoms. The summed E-state index contributed by atoms with van der Waals surface area (Å²) in [4.78, 5) is -0.137. The number of nitrogen functional groups attached to an aromatic ring is 1. The number of nitrogens with two attached hydrogens (primary N) is 1. The van der Waals surface area contributed by atoms with Crippen LogP contribution in [0.2, 0.25) is 0 Å². The smallest absolute Gasteiger partial charge is 0.179 e. The van der Waals surface area contributed by atoms with Crippen molar-refractivity contribution in [2.75, 3.05) is 12.0 Å². The molecule has 1 aromatic rings. The molecule has 66 valence electrons. The Morgan fingerprint density at radius 2 is 2.00 bits per heavy atom. The molecule has 0 heterocycles. The lowest BCUT2D eigenvalue weighted by atomic mass is 10.3. The maximum absolute atomic E-state index is 11.0. The number of benzene rings is 1. The molecule has 4 nitrogen and oxygen atoms in total. The zero-order chi connectivity index (χ0) is 9.35. The van der Waals surface area contributed by atoms with Crippen LogP contribution in [0.3, 0.4) is 0 Å². The van der Waals surface area contributed by atoms with E-state index in [-0.39, 0.29) is 10.6 Å². The zero-order valence-electron chi connectivity index (χ0n) is 6.48. The van der Waals surface area contributed by atoms with Gasteiger partial charge in [-0.15, -0.1) is 0 Å². The molecule has 1 rings (SSSR count). The van der Waals surface area contributed by atoms with Gasteiger partial charge in [0.05, 0.1) is 0 Å². The van der Waals surface area contributed by atoms with Gasteiger partial charge in [-0.1, -0.05) is 0 Å². The van der Waals surface area contributed by atoms with Gasteiger partial charge in [-0.2, -0.15) is 0 Å². The van der Waals surface area contributed by atoms with Crippen LogP contribution in [0.25, 0.3) is 0 Å². The lowest BCUT2D eigenvalue weighted by Gasteiger charge is -2.02. The molecule has 0 radical (unpaired) electrons. The van der Waals surface area contributed by atoms with E-state index in [1.165, 1.54) is 18.2 Å². The lowest BCUT2D eigenvalue weighted by molar-refractivity contribution is 0.459. The second kappa shape index (κ2) is 2.67. The second-order valence-corrected chi connectivity index (χ2v) is 4.48. The third-order valence-electron chi connectivity index (χ3n) is 1.38. The Kier molecular flexibility index (Phi) is 1.97. The van der Waals surface area contributed by atoms with E-state index in [1.807, 2.05) is 0 Å². The van der Waals surface area contributed by atoms with E-state index in [4.69, 9.17) is 10.8 Å². The molecule has 0 aliphatic carbocycles. The number of phenols is 1. The van der Waals surface area contributed by atoms with Gasteiger partial charge in [0.2, 0.25) is 0 Å². The molecule has 0 atom stereocenters. The highest BCUT2D eigenvalue weighted by Crippen LogP contribution is 2.24. The van der Waals surface area contributed by atoms with E-state index < -0.39 is 9.84 Å². The van der Waals surface area contributed by atoms with Crippen LogP contribution in [-0.4, -0.2) is 19.8 Å². The monoisotopic (exact) mass is 187 g/mol. The third kappa shape index (κ3) is 1.68. The summed E-state index contributed by atoms with van der Waals surface area (Å²) in [6.07, 6.45) is 1.02. The largest absolute Gasteiger partial charge is 0.507 e. The van der Waals surface area contributed by atoms with Gasteiger partial charge < -0.3 is 10.8 Å². The van der Waals surface area contributed by atoms with Crippen molar-refractivity contribution in [1.29, 1.82) is 0 Å². The summed E-state index contributed by atoms with van der Waals surface area (Å²) < 4.78 is 22.0. The first kappa shape index (κ1) is 8.86. The first-order valence-electron chi connectivity index (χ1n) is 3.20. The highest BCUT2D eigenvalue weighted by atomic mass is 32.2. The predicted molar refractivity (Wildman–Crippen MR) is 45.6 cm³/mol. The summed E-state index contributed by atoms with van der Waals surface area (Å²) in [6.45, 7) is 0. The SMILES string of the molecule is CS(=O)(=O)c1cc(N)ccc1O. The minimum atomic E-state index is -3.39. The number of hydrogen-bond donors (Lipinski definition) is 2. The molecule has 0 aliphatic rings. The Balaban J connectivity index is 3.43. The van der Waals surface area contributed by atoms with Crippen LogP contribution in [0.4, 0.5) is 5.69 Å². The van der Waals surface area contributed by atoms with Gasteiger partial charge in [0.15, 0.2) is 9.84 Å². The van der Waals surface area contributed by atoms with Crippen LogP contribution < -0.4 is 5.73 Å². The Labute approximate surface area is 70.6 Å². The second-order valence-electron chi connectivity index (χ2n) is 2.50. The summed E-state index contributed by atoms with van der Waals surface area (Å²) in [7, 11) is -3.39. The van der Waals surface area contributed by atoms with Gasteiger partial charge in [0.25, 0.3) is 0 Å². The Bertz CT molecular complexity index is 397. The fraction of sp³-hybridized carbons (Fsp3) is 0.143. The summed E-state index contributed by atoms with van der Waals surface area (Å²) in [5.74, 6) is -0.272. The molecule has 0 aromatic heterocycles. The third-order valence-corrected chi connectivity index (χ3v) is 2.51. The molecular weight excluding hydrogens is 178 g/mol. The van der Waals surface area contributed by atoms with Crippen molar-refractivity contribution in [1.82, 2.24) is 0 Å². The number of sulfone groups is 1. The highest BCUT2D eigenvalue weighted by Gasteiger charge is 2.12. The molecule has 0 saturated carbocycles. The van der Waals surface area contributed by atoms with E-state index in [0.29, 0.717) is 5.69 Å². The molecule has 0 amide bonds. The average Bonchev–Trinajstić information content (AvgIpc) is 1.92. The molecule has 0 saturated heterocycles. The van der Waals surface area contributed by atoms with Gasteiger partial charge in [0, 0.05) is 11.9 Å². The summed E-state index contributed by atoms with van der Waals surface area (Å²) >= 11 is 0. The van der Waals surface area contributed by atoms with E-state index >= 15 is 0 Å². The molecule has 0 fully saturated rings. The Morgan fingerprint density at radius 3 is 2.42 bits per heavy atom. The summed E-state index contributed by atoms with van der Waals surface area (Å²) in [6, 6.07) is 3.92. The molecular formula is C7H9NO3S. The van der Waals surface area contributed by atoms with Crippen LogP contribution in [0.1, 0.15) is 0 Å². The number of hydrogen-bond acceptors (Lipinski definition) is 4. The summed E-state index contributed by atoms with van der Waals surface area (Å²) in [5.41, 5.74) is 5.66. The van der Waals surface area contributed by atoms with Crippen molar-refractivity contribution < 1.29 is 13.5 Å². The van der Waals surface area contributed by atoms with Gasteiger partial charge in [-0.05, 0) is 18.2 Å². The minimum Gasteiger partial charge on any atom is -0.507 e. The molecule has 1 aromatic carbocycles. The fourth-order valence-electron chi connectivity index (χ4n) is 0.828. The standard InChI is InChI=1S/C7H9NO3S/c1-12(10,11)7-4-5(8)2-3-6(7)9/h2-4,9H,8H2,1H3. The first-order valence-corrected chi connectivity index (χ1v) is 5.09. The zero-order valence-corrected chi connectivity index (χ0v) is 7.30. The Hall–Kier alpha value is -1.23. The first-order chi connectivity index (χ1) is 5.41. The number of phenolic OH excluding ortho intramolecular Hbond substituents is 1. The van der Waals surface area contributed by atoms with E-state index in [9.17, 15) is 8.42 Å². The van der Waals surface area contributed by atoms with Crippen LogP contribution in [0.15, 0.2) is 23.1 Å². The maximum atomic E-state index is 11.0. The van der Waals surface area contributed by atoms with Crippen LogP contribution in [0.5, 0.6) is 5.75 Å². The van der Waals surface area contributed by atoms with Crippen LogP contribution in [0, 0.1) is 0 Å². The van der Waals surface area contributed by atoms with Crippen molar-refractivity contribution in [3.8, 4) is 5.75 Å². The minimum absolute atomic E-state index is 0.137. The van der Waals surface area contributed by atoms with Crippen LogP contribution in [-0.2, 0) is 9.84 Å². The van der Waals surface area contributed by atoms with Crippen molar-refractivity contribution >= 4 is 15.5 Å². The quantitative estimate of drug-likeness (QED) is 0.492. The van der Waals surface area contributed by atoms with Crippen molar-refractivity contribution in [3.05, 3.63) is 18.2 Å². The van der Waals surface area contributed by atoms with E-state index in [2.05, 4.69) is 0 Å². The molecule has 3 N–H and O–H groups in total. The van der Waals surface area contributed by atoms with E-state index in [1.54, 1.807) is 0 Å². The molecule has 0 aliphatic heterocycles. The average molecular weight is 187 g/mol. The fourth-order valence-corrected chi connectivity index (χ4v) is 1.63. The van der Waals surface area contributed by atoms with Gasteiger partial charge >= 0.3 is 0 Å². The summed E-state index contributed by atoms with van der Waals surface area (Å²) in [5, 5.41) is 9.14. The maximum Gasteiger partial charge on any atom is 0.179 e. The normalized spacial score (nSPS) is 11.4. The van der Waals surface area contributed by atoms with E-state index in [0.717, 1.165) is 6.26 Å². The van der Waals surface area contributed by atoms with Gasteiger partial charge in [0.1, 0.15) is 10.6 Å². The topological polar surface area (TPSA) is 80.4 Å². The number of rotatable bonds is 1. The molecule has 0 bridgehead atoms. The molecule has 0 unspecified atom stereocenters. The molecule has 0 spiro atoms. The highest BCUT2D eigenvalue weighted by molar-refractivity contribution is 7.90. The predicted octanol–water partition coefficient (Wildman–Crippen LogP) is 0.378. The van der Waals surface area contributed by atoms with Crippen LogP contribution >= 0.6 is 0 Å². The van der Waals surface area contributed by atoms with Crippen molar-refractivity contribution in [3.63, 3.8) is 0 Å². The van der Waals surface area contributed by atoms with Crippen molar-refractivity contribution in [2.45, 2.75) is 4.90 Å². The molecule has 5 heteroatoms. The number of aromatic hydroxyl groups is 1.